The summed E-state index contributed by atoms with van der Waals surface area (Å²) in [7, 11) is 1.74. The maximum absolute atomic E-state index is 5.50. The first kappa shape index (κ1) is 19.9. The summed E-state index contributed by atoms with van der Waals surface area (Å²) in [6.07, 6.45) is 9.35. The molecule has 3 heteroatoms. The van der Waals surface area contributed by atoms with E-state index >= 15 is 0 Å². The largest absolute Gasteiger partial charge is 0.496 e. The molecule has 2 aromatic rings. The first-order valence-corrected chi connectivity index (χ1v) is 10.5. The van der Waals surface area contributed by atoms with Crippen LogP contribution in [-0.2, 0) is 6.54 Å². The van der Waals surface area contributed by atoms with Crippen molar-refractivity contribution in [2.24, 2.45) is 0 Å². The lowest BCUT2D eigenvalue weighted by molar-refractivity contribution is 0.398. The lowest BCUT2D eigenvalue weighted by Crippen LogP contribution is -2.32. The zero-order valence-electron chi connectivity index (χ0n) is 16.6. The molecule has 0 bridgehead atoms. The SMILES string of the molecule is COc1ccccc1CN[C@@H](CCNC1CCCCCC1)c1ccccc1. The Labute approximate surface area is 164 Å². The van der Waals surface area contributed by atoms with Crippen LogP contribution in [0.4, 0.5) is 0 Å². The van der Waals surface area contributed by atoms with Gasteiger partial charge in [0.25, 0.3) is 0 Å². The fourth-order valence-electron chi connectivity index (χ4n) is 4.07. The van der Waals surface area contributed by atoms with Crippen LogP contribution in [0.5, 0.6) is 5.75 Å². The number of ether oxygens (including phenoxy) is 1. The molecule has 0 aromatic heterocycles. The number of nitrogens with one attached hydrogen (secondary N) is 2. The van der Waals surface area contributed by atoms with Crippen LogP contribution >= 0.6 is 0 Å². The molecule has 1 saturated carbocycles. The van der Waals surface area contributed by atoms with Crippen LogP contribution in [0.25, 0.3) is 0 Å². The summed E-state index contributed by atoms with van der Waals surface area (Å²) in [6, 6.07) is 20.1. The summed E-state index contributed by atoms with van der Waals surface area (Å²) >= 11 is 0. The number of benzene rings is 2. The van der Waals surface area contributed by atoms with Crippen molar-refractivity contribution < 1.29 is 4.74 Å². The molecule has 3 nitrogen and oxygen atoms in total. The quantitative estimate of drug-likeness (QED) is 0.596. The molecule has 0 unspecified atom stereocenters. The Bertz CT molecular complexity index is 650. The summed E-state index contributed by atoms with van der Waals surface area (Å²) in [4.78, 5) is 0. The van der Waals surface area contributed by atoms with Gasteiger partial charge < -0.3 is 15.4 Å². The van der Waals surface area contributed by atoms with Gasteiger partial charge in [-0.2, -0.15) is 0 Å². The number of hydrogen-bond donors (Lipinski definition) is 2. The molecule has 0 radical (unpaired) electrons. The van der Waals surface area contributed by atoms with Gasteiger partial charge in [0.1, 0.15) is 5.75 Å². The minimum Gasteiger partial charge on any atom is -0.496 e. The average molecular weight is 367 g/mol. The number of hydrogen-bond acceptors (Lipinski definition) is 3. The van der Waals surface area contributed by atoms with E-state index in [4.69, 9.17) is 4.74 Å². The first-order chi connectivity index (χ1) is 13.4. The van der Waals surface area contributed by atoms with E-state index in [1.165, 1.54) is 49.7 Å². The van der Waals surface area contributed by atoms with E-state index in [-0.39, 0.29) is 0 Å². The van der Waals surface area contributed by atoms with E-state index < -0.39 is 0 Å². The summed E-state index contributed by atoms with van der Waals surface area (Å²) in [5.74, 6) is 0.952. The molecule has 0 amide bonds. The van der Waals surface area contributed by atoms with Crippen LogP contribution in [-0.4, -0.2) is 19.7 Å². The maximum atomic E-state index is 5.50. The van der Waals surface area contributed by atoms with Crippen molar-refractivity contribution in [1.29, 1.82) is 0 Å². The molecule has 0 saturated heterocycles. The molecule has 0 spiro atoms. The second-order valence-corrected chi connectivity index (χ2v) is 7.59. The Hall–Kier alpha value is -1.84. The smallest absolute Gasteiger partial charge is 0.123 e. The summed E-state index contributed by atoms with van der Waals surface area (Å²) in [6.45, 7) is 1.87. The van der Waals surface area contributed by atoms with Crippen LogP contribution in [0.1, 0.15) is 62.1 Å². The fraction of sp³-hybridized carbons (Fsp3) is 0.500. The number of methoxy groups -OCH3 is 1. The van der Waals surface area contributed by atoms with Crippen molar-refractivity contribution in [2.45, 2.75) is 63.6 Å². The van der Waals surface area contributed by atoms with Crippen molar-refractivity contribution in [2.75, 3.05) is 13.7 Å². The Kier molecular flexibility index (Phi) is 8.19. The molecule has 0 heterocycles. The van der Waals surface area contributed by atoms with Crippen LogP contribution in [0, 0.1) is 0 Å². The molecule has 2 N–H and O–H groups in total. The lowest BCUT2D eigenvalue weighted by Gasteiger charge is -2.22. The van der Waals surface area contributed by atoms with Gasteiger partial charge in [-0.15, -0.1) is 0 Å². The number of rotatable bonds is 9. The van der Waals surface area contributed by atoms with E-state index in [1.54, 1.807) is 7.11 Å². The lowest BCUT2D eigenvalue weighted by atomic mass is 10.0. The normalized spacial score (nSPS) is 16.6. The zero-order valence-corrected chi connectivity index (χ0v) is 16.6. The summed E-state index contributed by atoms with van der Waals surface area (Å²) in [5.41, 5.74) is 2.56. The minimum atomic E-state index is 0.342. The molecule has 1 fully saturated rings. The van der Waals surface area contributed by atoms with E-state index in [2.05, 4.69) is 53.1 Å². The van der Waals surface area contributed by atoms with E-state index in [9.17, 15) is 0 Å². The Morgan fingerprint density at radius 3 is 2.37 bits per heavy atom. The highest BCUT2D eigenvalue weighted by Crippen LogP contribution is 2.22. The van der Waals surface area contributed by atoms with E-state index in [0.29, 0.717) is 12.1 Å². The second kappa shape index (κ2) is 11.1. The van der Waals surface area contributed by atoms with Crippen LogP contribution < -0.4 is 15.4 Å². The first-order valence-electron chi connectivity index (χ1n) is 10.5. The highest BCUT2D eigenvalue weighted by atomic mass is 16.5. The standard InChI is InChI=1S/C24H34N2O/c1-27-24-16-10-9-13-21(24)19-26-23(20-11-5-4-6-12-20)17-18-25-22-14-7-2-3-8-15-22/h4-6,9-13,16,22-23,25-26H,2-3,7-8,14-15,17-19H2,1H3/t23-/m0/s1. The fourth-order valence-corrected chi connectivity index (χ4v) is 4.07. The third-order valence-electron chi connectivity index (χ3n) is 5.65. The van der Waals surface area contributed by atoms with Gasteiger partial charge in [0, 0.05) is 24.2 Å². The molecule has 2 aromatic carbocycles. The second-order valence-electron chi connectivity index (χ2n) is 7.59. The van der Waals surface area contributed by atoms with Crippen molar-refractivity contribution in [3.8, 4) is 5.75 Å². The van der Waals surface area contributed by atoms with Gasteiger partial charge in [0.2, 0.25) is 0 Å². The van der Waals surface area contributed by atoms with Gasteiger partial charge in [-0.25, -0.2) is 0 Å². The summed E-state index contributed by atoms with van der Waals surface area (Å²) in [5, 5.41) is 7.57. The van der Waals surface area contributed by atoms with Crippen molar-refractivity contribution >= 4 is 0 Å². The van der Waals surface area contributed by atoms with Crippen LogP contribution in [0.15, 0.2) is 54.6 Å². The molecule has 27 heavy (non-hydrogen) atoms. The Balaban J connectivity index is 1.57. The van der Waals surface area contributed by atoms with Gasteiger partial charge >= 0.3 is 0 Å². The number of para-hydroxylation sites is 1. The molecule has 3 rings (SSSR count). The van der Waals surface area contributed by atoms with Gasteiger partial charge in [0.15, 0.2) is 0 Å². The third-order valence-corrected chi connectivity index (χ3v) is 5.65. The predicted octanol–water partition coefficient (Wildman–Crippen LogP) is 5.23. The van der Waals surface area contributed by atoms with Crippen molar-refractivity contribution in [1.82, 2.24) is 10.6 Å². The van der Waals surface area contributed by atoms with E-state index in [1.807, 2.05) is 12.1 Å². The molecule has 1 aliphatic rings. The highest BCUT2D eigenvalue weighted by Gasteiger charge is 2.15. The topological polar surface area (TPSA) is 33.3 Å². The van der Waals surface area contributed by atoms with Crippen LogP contribution in [0.3, 0.4) is 0 Å². The monoisotopic (exact) mass is 366 g/mol. The molecule has 1 aliphatic carbocycles. The zero-order chi connectivity index (χ0) is 18.7. The van der Waals surface area contributed by atoms with Gasteiger partial charge in [0.05, 0.1) is 7.11 Å². The van der Waals surface area contributed by atoms with Gasteiger partial charge in [-0.1, -0.05) is 74.2 Å². The molecule has 1 atom stereocenters. The van der Waals surface area contributed by atoms with Crippen LogP contribution in [0.2, 0.25) is 0 Å². The van der Waals surface area contributed by atoms with Crippen molar-refractivity contribution in [3.63, 3.8) is 0 Å². The highest BCUT2D eigenvalue weighted by molar-refractivity contribution is 5.33. The van der Waals surface area contributed by atoms with Gasteiger partial charge in [-0.05, 0) is 37.4 Å². The molecular weight excluding hydrogens is 332 g/mol. The Morgan fingerprint density at radius 1 is 0.926 bits per heavy atom. The molecular formula is C24H34N2O. The maximum Gasteiger partial charge on any atom is 0.123 e. The molecule has 0 aliphatic heterocycles. The Morgan fingerprint density at radius 2 is 1.63 bits per heavy atom. The molecule has 146 valence electrons. The van der Waals surface area contributed by atoms with Gasteiger partial charge in [-0.3, -0.25) is 0 Å². The summed E-state index contributed by atoms with van der Waals surface area (Å²) < 4.78 is 5.50. The van der Waals surface area contributed by atoms with Crippen molar-refractivity contribution in [3.05, 3.63) is 65.7 Å². The van der Waals surface area contributed by atoms with E-state index in [0.717, 1.165) is 25.3 Å². The average Bonchev–Trinajstić information content (AvgIpc) is 3.00. The predicted molar refractivity (Wildman–Crippen MR) is 113 cm³/mol. The minimum absolute atomic E-state index is 0.342. The third kappa shape index (κ3) is 6.37.